The van der Waals surface area contributed by atoms with Crippen LogP contribution in [0.3, 0.4) is 0 Å². The van der Waals surface area contributed by atoms with Gasteiger partial charge >= 0.3 is 5.97 Å². The molecule has 3 atom stereocenters. The molecule has 120 valence electrons. The number of nitrogens with two attached hydrogens (primary N) is 1. The van der Waals surface area contributed by atoms with Crippen molar-refractivity contribution in [1.82, 2.24) is 0 Å². The van der Waals surface area contributed by atoms with Gasteiger partial charge in [-0.2, -0.15) is 0 Å². The highest BCUT2D eigenvalue weighted by Crippen LogP contribution is 2.38. The van der Waals surface area contributed by atoms with Crippen LogP contribution in [-0.4, -0.2) is 26.4 Å². The van der Waals surface area contributed by atoms with Gasteiger partial charge in [0.25, 0.3) is 5.91 Å². The number of hydrogen-bond acceptors (Lipinski definition) is 5. The summed E-state index contributed by atoms with van der Waals surface area (Å²) in [6, 6.07) is 5.39. The Morgan fingerprint density at radius 2 is 1.86 bits per heavy atom. The second-order valence-corrected chi connectivity index (χ2v) is 7.02. The summed E-state index contributed by atoms with van der Waals surface area (Å²) >= 11 is 0. The Morgan fingerprint density at radius 1 is 1.32 bits per heavy atom. The van der Waals surface area contributed by atoms with E-state index in [9.17, 15) is 18.0 Å². The van der Waals surface area contributed by atoms with Gasteiger partial charge in [-0.15, -0.1) is 0 Å². The van der Waals surface area contributed by atoms with E-state index in [0.29, 0.717) is 11.6 Å². The van der Waals surface area contributed by atoms with Crippen LogP contribution in [0.5, 0.6) is 0 Å². The highest BCUT2D eigenvalue weighted by atomic mass is 32.2. The van der Waals surface area contributed by atoms with Gasteiger partial charge in [0.05, 0.1) is 10.8 Å². The minimum atomic E-state index is -3.77. The maximum Gasteiger partial charge on any atom is 0.309 e. The van der Waals surface area contributed by atoms with Crippen LogP contribution in [0.1, 0.15) is 20.3 Å². The predicted molar refractivity (Wildman–Crippen MR) is 79.3 cm³/mol. The molecule has 1 aliphatic rings. The molecule has 3 N–H and O–H groups in total. The fourth-order valence-corrected chi connectivity index (χ4v) is 2.45. The van der Waals surface area contributed by atoms with Crippen LogP contribution in [-0.2, 0) is 24.3 Å². The molecule has 22 heavy (non-hydrogen) atoms. The Labute approximate surface area is 128 Å². The number of nitrogens with one attached hydrogen (secondary N) is 1. The number of carbonyl (C=O) groups is 2. The smallest absolute Gasteiger partial charge is 0.309 e. The number of esters is 1. The van der Waals surface area contributed by atoms with Crippen LogP contribution < -0.4 is 10.5 Å². The van der Waals surface area contributed by atoms with Crippen molar-refractivity contribution in [2.24, 2.45) is 17.0 Å². The van der Waals surface area contributed by atoms with E-state index < -0.39 is 22.0 Å². The zero-order chi connectivity index (χ0) is 16.5. The molecule has 0 saturated heterocycles. The number of rotatable bonds is 5. The number of anilines is 1. The summed E-state index contributed by atoms with van der Waals surface area (Å²) in [7, 11) is -3.77. The van der Waals surface area contributed by atoms with E-state index in [0.717, 1.165) is 6.42 Å². The lowest BCUT2D eigenvalue weighted by Crippen LogP contribution is -2.30. The topological polar surface area (TPSA) is 116 Å². The zero-order valence-corrected chi connectivity index (χ0v) is 13.1. The number of primary sulfonamides is 1. The molecule has 1 aromatic carbocycles. The third-order valence-corrected chi connectivity index (χ3v) is 4.45. The second-order valence-electron chi connectivity index (χ2n) is 5.46. The SMILES string of the molecule is C[C@H](OC(=O)[C@H]1C[C@H]1C)C(=O)Nc1ccc(S(N)(=O)=O)cc1. The quantitative estimate of drug-likeness (QED) is 0.779. The highest BCUT2D eigenvalue weighted by Gasteiger charge is 2.41. The van der Waals surface area contributed by atoms with E-state index in [1.807, 2.05) is 6.92 Å². The first-order valence-corrected chi connectivity index (χ1v) is 8.37. The molecule has 1 aliphatic carbocycles. The fraction of sp³-hybridized carbons (Fsp3) is 0.429. The van der Waals surface area contributed by atoms with Gasteiger partial charge in [-0.05, 0) is 43.5 Å². The first-order chi connectivity index (χ1) is 10.2. The second kappa shape index (κ2) is 6.05. The number of carbonyl (C=O) groups excluding carboxylic acids is 2. The average Bonchev–Trinajstić information content (AvgIpc) is 3.15. The lowest BCUT2D eigenvalue weighted by Gasteiger charge is -2.13. The van der Waals surface area contributed by atoms with Crippen molar-refractivity contribution in [2.45, 2.75) is 31.3 Å². The fourth-order valence-electron chi connectivity index (χ4n) is 1.94. The van der Waals surface area contributed by atoms with Crippen LogP contribution in [0.2, 0.25) is 0 Å². The molecule has 0 spiro atoms. The van der Waals surface area contributed by atoms with Gasteiger partial charge < -0.3 is 10.1 Å². The van der Waals surface area contributed by atoms with Crippen molar-refractivity contribution >= 4 is 27.6 Å². The Kier molecular flexibility index (Phi) is 4.52. The van der Waals surface area contributed by atoms with Crippen LogP contribution in [0.25, 0.3) is 0 Å². The van der Waals surface area contributed by atoms with E-state index in [2.05, 4.69) is 5.32 Å². The Balaban J connectivity index is 1.92. The maximum absolute atomic E-state index is 11.9. The minimum absolute atomic E-state index is 0.0484. The molecule has 1 fully saturated rings. The third-order valence-electron chi connectivity index (χ3n) is 3.52. The van der Waals surface area contributed by atoms with Crippen molar-refractivity contribution in [3.8, 4) is 0 Å². The standard InChI is InChI=1S/C14H18N2O5S/c1-8-7-12(8)14(18)21-9(2)13(17)16-10-3-5-11(6-4-10)22(15,19)20/h3-6,8-9,12H,7H2,1-2H3,(H,16,17)(H2,15,19,20)/t8-,9+,12+/m1/s1. The van der Waals surface area contributed by atoms with E-state index in [4.69, 9.17) is 9.88 Å². The number of ether oxygens (including phenoxy) is 1. The highest BCUT2D eigenvalue weighted by molar-refractivity contribution is 7.89. The van der Waals surface area contributed by atoms with Crippen molar-refractivity contribution in [3.63, 3.8) is 0 Å². The predicted octanol–water partition coefficient (Wildman–Crippen LogP) is 0.860. The first-order valence-electron chi connectivity index (χ1n) is 6.82. The molecule has 1 saturated carbocycles. The molecule has 8 heteroatoms. The van der Waals surface area contributed by atoms with Gasteiger partial charge in [0, 0.05) is 5.69 Å². The number of benzene rings is 1. The summed E-state index contributed by atoms with van der Waals surface area (Å²) in [5, 5.41) is 7.53. The lowest BCUT2D eigenvalue weighted by atomic mass is 10.3. The lowest BCUT2D eigenvalue weighted by molar-refractivity contribution is -0.154. The van der Waals surface area contributed by atoms with Crippen molar-refractivity contribution in [3.05, 3.63) is 24.3 Å². The van der Waals surface area contributed by atoms with Crippen LogP contribution in [0.4, 0.5) is 5.69 Å². The first kappa shape index (κ1) is 16.4. The van der Waals surface area contributed by atoms with Gasteiger partial charge in [-0.1, -0.05) is 6.92 Å². The van der Waals surface area contributed by atoms with Gasteiger partial charge in [0.1, 0.15) is 0 Å². The Hall–Kier alpha value is -1.93. The van der Waals surface area contributed by atoms with E-state index in [1.54, 1.807) is 0 Å². The molecule has 7 nitrogen and oxygen atoms in total. The molecule has 0 bridgehead atoms. The third kappa shape index (κ3) is 4.05. The van der Waals surface area contributed by atoms with E-state index >= 15 is 0 Å². The maximum atomic E-state index is 11.9. The van der Waals surface area contributed by atoms with Crippen molar-refractivity contribution in [1.29, 1.82) is 0 Å². The van der Waals surface area contributed by atoms with Gasteiger partial charge in [0.15, 0.2) is 6.10 Å². The van der Waals surface area contributed by atoms with Crippen molar-refractivity contribution < 1.29 is 22.7 Å². The molecule has 1 amide bonds. The molecule has 0 unspecified atom stereocenters. The van der Waals surface area contributed by atoms with E-state index in [-0.39, 0.29) is 16.8 Å². The van der Waals surface area contributed by atoms with Crippen LogP contribution >= 0.6 is 0 Å². The minimum Gasteiger partial charge on any atom is -0.452 e. The molecule has 0 radical (unpaired) electrons. The largest absolute Gasteiger partial charge is 0.452 e. The van der Waals surface area contributed by atoms with Gasteiger partial charge in [-0.3, -0.25) is 9.59 Å². The molecular weight excluding hydrogens is 308 g/mol. The Bertz CT molecular complexity index is 684. The van der Waals surface area contributed by atoms with Crippen LogP contribution in [0, 0.1) is 11.8 Å². The normalized spacial score (nSPS) is 21.8. The Morgan fingerprint density at radius 3 is 2.32 bits per heavy atom. The summed E-state index contributed by atoms with van der Waals surface area (Å²) < 4.78 is 27.3. The molecule has 1 aromatic rings. The summed E-state index contributed by atoms with van der Waals surface area (Å²) in [5.74, 6) is -0.637. The molecule has 0 aromatic heterocycles. The number of hydrogen-bond donors (Lipinski definition) is 2. The van der Waals surface area contributed by atoms with E-state index in [1.165, 1.54) is 31.2 Å². The zero-order valence-electron chi connectivity index (χ0n) is 12.3. The molecular formula is C14H18N2O5S. The van der Waals surface area contributed by atoms with Gasteiger partial charge in [-0.25, -0.2) is 13.6 Å². The summed E-state index contributed by atoms with van der Waals surface area (Å²) in [6.07, 6.45) is -0.124. The van der Waals surface area contributed by atoms with Crippen molar-refractivity contribution in [2.75, 3.05) is 5.32 Å². The summed E-state index contributed by atoms with van der Waals surface area (Å²) in [6.45, 7) is 3.43. The van der Waals surface area contributed by atoms with Gasteiger partial charge in [0.2, 0.25) is 10.0 Å². The summed E-state index contributed by atoms with van der Waals surface area (Å²) in [4.78, 5) is 23.5. The average molecular weight is 326 g/mol. The monoisotopic (exact) mass is 326 g/mol. The molecule has 0 aliphatic heterocycles. The molecule has 0 heterocycles. The number of amides is 1. The summed E-state index contributed by atoms with van der Waals surface area (Å²) in [5.41, 5.74) is 0.389. The molecule has 2 rings (SSSR count). The van der Waals surface area contributed by atoms with Crippen LogP contribution in [0.15, 0.2) is 29.2 Å². The number of sulfonamides is 1.